The topological polar surface area (TPSA) is 56.2 Å². The van der Waals surface area contributed by atoms with Gasteiger partial charge in [-0.1, -0.05) is 11.6 Å². The zero-order valence-electron chi connectivity index (χ0n) is 9.56. The largest absolute Gasteiger partial charge is 0.376 e. The average Bonchev–Trinajstić information content (AvgIpc) is 2.95. The molecule has 0 aromatic carbocycles. The van der Waals surface area contributed by atoms with E-state index in [2.05, 4.69) is 10.4 Å². The van der Waals surface area contributed by atoms with E-state index in [9.17, 15) is 4.79 Å². The van der Waals surface area contributed by atoms with Gasteiger partial charge < -0.3 is 10.1 Å². The molecule has 0 saturated carbocycles. The van der Waals surface area contributed by atoms with Crippen LogP contribution >= 0.6 is 11.6 Å². The zero-order valence-corrected chi connectivity index (χ0v) is 10.3. The fourth-order valence-electron chi connectivity index (χ4n) is 1.80. The number of carbonyl (C=O) groups excluding carboxylic acids is 1. The third kappa shape index (κ3) is 4.02. The monoisotopic (exact) mass is 257 g/mol. The van der Waals surface area contributed by atoms with E-state index in [1.807, 2.05) is 0 Å². The van der Waals surface area contributed by atoms with Gasteiger partial charge in [0.2, 0.25) is 5.91 Å². The predicted octanol–water partition coefficient (Wildman–Crippen LogP) is 1.22. The van der Waals surface area contributed by atoms with Gasteiger partial charge in [0.05, 0.1) is 17.3 Å². The van der Waals surface area contributed by atoms with E-state index in [-0.39, 0.29) is 12.0 Å². The molecule has 1 aromatic heterocycles. The van der Waals surface area contributed by atoms with Gasteiger partial charge in [0.25, 0.3) is 0 Å². The van der Waals surface area contributed by atoms with Gasteiger partial charge in [-0.15, -0.1) is 0 Å². The molecule has 2 rings (SSSR count). The molecule has 1 saturated heterocycles. The molecule has 0 bridgehead atoms. The first-order chi connectivity index (χ1) is 8.24. The van der Waals surface area contributed by atoms with Crippen LogP contribution < -0.4 is 5.32 Å². The van der Waals surface area contributed by atoms with Gasteiger partial charge in [-0.3, -0.25) is 9.48 Å². The number of hydrogen-bond acceptors (Lipinski definition) is 3. The molecule has 1 atom stereocenters. The second kappa shape index (κ2) is 6.02. The summed E-state index contributed by atoms with van der Waals surface area (Å²) in [4.78, 5) is 11.5. The number of aromatic nitrogens is 2. The highest BCUT2D eigenvalue weighted by molar-refractivity contribution is 6.30. The van der Waals surface area contributed by atoms with Gasteiger partial charge in [-0.05, 0) is 12.8 Å². The second-order valence-electron chi connectivity index (χ2n) is 4.11. The van der Waals surface area contributed by atoms with Crippen LogP contribution in [0.2, 0.25) is 5.02 Å². The molecule has 5 nitrogen and oxygen atoms in total. The van der Waals surface area contributed by atoms with E-state index in [1.54, 1.807) is 17.1 Å². The number of aryl methyl sites for hydroxylation is 1. The summed E-state index contributed by atoms with van der Waals surface area (Å²) in [6.07, 6.45) is 5.99. The molecule has 1 aliphatic heterocycles. The Morgan fingerprint density at radius 3 is 3.24 bits per heavy atom. The fraction of sp³-hybridized carbons (Fsp3) is 0.636. The minimum absolute atomic E-state index is 0.0205. The molecule has 1 aliphatic rings. The van der Waals surface area contributed by atoms with Gasteiger partial charge in [0.1, 0.15) is 0 Å². The number of ether oxygens (including phenoxy) is 1. The van der Waals surface area contributed by atoms with Crippen LogP contribution in [0.25, 0.3) is 0 Å². The number of halogens is 1. The van der Waals surface area contributed by atoms with Crippen LogP contribution in [0.1, 0.15) is 19.3 Å². The highest BCUT2D eigenvalue weighted by atomic mass is 35.5. The van der Waals surface area contributed by atoms with Gasteiger partial charge in [0, 0.05) is 32.3 Å². The lowest BCUT2D eigenvalue weighted by Crippen LogP contribution is -2.32. The molecule has 0 aliphatic carbocycles. The van der Waals surface area contributed by atoms with Crippen LogP contribution in [-0.4, -0.2) is 34.9 Å². The van der Waals surface area contributed by atoms with Gasteiger partial charge in [-0.2, -0.15) is 5.10 Å². The summed E-state index contributed by atoms with van der Waals surface area (Å²) in [5, 5.41) is 7.46. The quantitative estimate of drug-likeness (QED) is 0.863. The minimum Gasteiger partial charge on any atom is -0.376 e. The molecule has 2 heterocycles. The Bertz CT molecular complexity index is 375. The summed E-state index contributed by atoms with van der Waals surface area (Å²) in [5.74, 6) is 0.0205. The van der Waals surface area contributed by atoms with Crippen LogP contribution in [0.3, 0.4) is 0 Å². The molecular weight excluding hydrogens is 242 g/mol. The molecule has 94 valence electrons. The van der Waals surface area contributed by atoms with Crippen LogP contribution in [0.5, 0.6) is 0 Å². The average molecular weight is 258 g/mol. The van der Waals surface area contributed by atoms with Crippen molar-refractivity contribution >= 4 is 17.5 Å². The number of carbonyl (C=O) groups is 1. The van der Waals surface area contributed by atoms with Crippen molar-refractivity contribution in [1.29, 1.82) is 0 Å². The maximum Gasteiger partial charge on any atom is 0.221 e. The summed E-state index contributed by atoms with van der Waals surface area (Å²) in [7, 11) is 0. The summed E-state index contributed by atoms with van der Waals surface area (Å²) >= 11 is 5.72. The van der Waals surface area contributed by atoms with Crippen molar-refractivity contribution in [3.05, 3.63) is 17.4 Å². The Morgan fingerprint density at radius 2 is 2.59 bits per heavy atom. The summed E-state index contributed by atoms with van der Waals surface area (Å²) < 4.78 is 7.08. The van der Waals surface area contributed by atoms with Crippen molar-refractivity contribution in [3.8, 4) is 0 Å². The number of nitrogens with one attached hydrogen (secondary N) is 1. The number of nitrogens with zero attached hydrogens (tertiary/aromatic N) is 2. The van der Waals surface area contributed by atoms with Crippen LogP contribution in [-0.2, 0) is 16.1 Å². The van der Waals surface area contributed by atoms with E-state index in [0.29, 0.717) is 24.5 Å². The highest BCUT2D eigenvalue weighted by Gasteiger charge is 2.15. The lowest BCUT2D eigenvalue weighted by Gasteiger charge is -2.10. The summed E-state index contributed by atoms with van der Waals surface area (Å²) in [5.41, 5.74) is 0. The molecule has 1 amide bonds. The number of rotatable bonds is 5. The first-order valence-electron chi connectivity index (χ1n) is 5.80. The van der Waals surface area contributed by atoms with E-state index >= 15 is 0 Å². The van der Waals surface area contributed by atoms with E-state index in [4.69, 9.17) is 16.3 Å². The lowest BCUT2D eigenvalue weighted by atomic mass is 10.2. The maximum absolute atomic E-state index is 11.5. The van der Waals surface area contributed by atoms with Crippen molar-refractivity contribution in [3.63, 3.8) is 0 Å². The maximum atomic E-state index is 11.5. The molecule has 17 heavy (non-hydrogen) atoms. The van der Waals surface area contributed by atoms with Crippen LogP contribution in [0.4, 0.5) is 0 Å². The van der Waals surface area contributed by atoms with Gasteiger partial charge in [0.15, 0.2) is 0 Å². The van der Waals surface area contributed by atoms with Crippen LogP contribution in [0.15, 0.2) is 12.4 Å². The Morgan fingerprint density at radius 1 is 1.71 bits per heavy atom. The Hall–Kier alpha value is -1.07. The first kappa shape index (κ1) is 12.4. The van der Waals surface area contributed by atoms with Crippen molar-refractivity contribution in [2.45, 2.75) is 31.9 Å². The smallest absolute Gasteiger partial charge is 0.221 e. The molecule has 1 aromatic rings. The molecule has 1 fully saturated rings. The second-order valence-corrected chi connectivity index (χ2v) is 4.55. The van der Waals surface area contributed by atoms with Crippen molar-refractivity contribution in [1.82, 2.24) is 15.1 Å². The summed E-state index contributed by atoms with van der Waals surface area (Å²) in [6, 6.07) is 0. The molecule has 6 heteroatoms. The summed E-state index contributed by atoms with van der Waals surface area (Å²) in [6.45, 7) is 1.97. The van der Waals surface area contributed by atoms with Gasteiger partial charge >= 0.3 is 0 Å². The number of hydrogen-bond donors (Lipinski definition) is 1. The molecular formula is C11H16ClN3O2. The van der Waals surface area contributed by atoms with Crippen molar-refractivity contribution < 1.29 is 9.53 Å². The van der Waals surface area contributed by atoms with Crippen molar-refractivity contribution in [2.75, 3.05) is 13.2 Å². The van der Waals surface area contributed by atoms with E-state index in [1.165, 1.54) is 0 Å². The molecule has 1 N–H and O–H groups in total. The molecule has 0 radical (unpaired) electrons. The zero-order chi connectivity index (χ0) is 12.1. The first-order valence-corrected chi connectivity index (χ1v) is 6.18. The van der Waals surface area contributed by atoms with E-state index in [0.717, 1.165) is 19.4 Å². The van der Waals surface area contributed by atoms with Crippen molar-refractivity contribution in [2.24, 2.45) is 0 Å². The Kier molecular flexibility index (Phi) is 4.39. The molecule has 1 unspecified atom stereocenters. The Labute approximate surface area is 105 Å². The third-order valence-corrected chi connectivity index (χ3v) is 2.92. The third-order valence-electron chi connectivity index (χ3n) is 2.72. The minimum atomic E-state index is 0.0205. The number of amides is 1. The van der Waals surface area contributed by atoms with Crippen LogP contribution in [0, 0.1) is 0 Å². The Balaban J connectivity index is 1.63. The SMILES string of the molecule is O=C(CCn1cc(Cl)cn1)NCC1CCCO1. The normalized spacial score (nSPS) is 19.5. The highest BCUT2D eigenvalue weighted by Crippen LogP contribution is 2.10. The van der Waals surface area contributed by atoms with E-state index < -0.39 is 0 Å². The predicted molar refractivity (Wildman–Crippen MR) is 63.8 cm³/mol. The molecule has 0 spiro atoms. The standard InChI is InChI=1S/C11H16ClN3O2/c12-9-6-14-15(8-9)4-3-11(16)13-7-10-2-1-5-17-10/h6,8,10H,1-5,7H2,(H,13,16). The van der Waals surface area contributed by atoms with Gasteiger partial charge in [-0.25, -0.2) is 0 Å². The fourth-order valence-corrected chi connectivity index (χ4v) is 1.95. The lowest BCUT2D eigenvalue weighted by molar-refractivity contribution is -0.121.